The Hall–Kier alpha value is -4.48. The van der Waals surface area contributed by atoms with Crippen molar-refractivity contribution in [2.24, 2.45) is 5.73 Å². The molecular weight excluding hydrogens is 545 g/mol. The van der Waals surface area contributed by atoms with Gasteiger partial charge in [0.25, 0.3) is 0 Å². The Bertz CT molecular complexity index is 1810. The van der Waals surface area contributed by atoms with Gasteiger partial charge in [0, 0.05) is 54.5 Å². The lowest BCUT2D eigenvalue weighted by molar-refractivity contribution is 0.246. The van der Waals surface area contributed by atoms with E-state index in [0.717, 1.165) is 10.8 Å². The summed E-state index contributed by atoms with van der Waals surface area (Å²) in [6.07, 6.45) is 0.956. The van der Waals surface area contributed by atoms with Crippen molar-refractivity contribution < 1.29 is 14.6 Å². The zero-order chi connectivity index (χ0) is 30.4. The number of aliphatic hydroxyl groups excluding tert-OH is 1. The molecule has 9 nitrogen and oxygen atoms in total. The summed E-state index contributed by atoms with van der Waals surface area (Å²) in [5.74, 6) is 0.254. The molecule has 4 aromatic rings. The van der Waals surface area contributed by atoms with Gasteiger partial charge in [0.15, 0.2) is 0 Å². The van der Waals surface area contributed by atoms with Crippen LogP contribution in [-0.2, 0) is 6.42 Å². The lowest BCUT2D eigenvalue weighted by Gasteiger charge is -2.44. The van der Waals surface area contributed by atoms with Crippen LogP contribution in [0, 0.1) is 28.5 Å². The van der Waals surface area contributed by atoms with Crippen LogP contribution in [0.15, 0.2) is 42.5 Å². The number of nitrogens with zero attached hydrogens (tertiary/aromatic N) is 6. The summed E-state index contributed by atoms with van der Waals surface area (Å²) in [5.41, 5.74) is 7.77. The number of aromatic nitrogens is 1. The largest absolute Gasteiger partial charge is 0.508 e. The summed E-state index contributed by atoms with van der Waals surface area (Å²) in [4.78, 5) is 11.0. The van der Waals surface area contributed by atoms with E-state index in [4.69, 9.17) is 10.7 Å². The number of aryl methyl sites for hydroxylation is 1. The van der Waals surface area contributed by atoms with E-state index in [2.05, 4.69) is 17.0 Å². The van der Waals surface area contributed by atoms with Crippen molar-refractivity contribution in [3.8, 4) is 29.0 Å². The van der Waals surface area contributed by atoms with Gasteiger partial charge >= 0.3 is 0 Å². The minimum Gasteiger partial charge on any atom is -0.508 e. The second kappa shape index (κ2) is 11.3. The van der Waals surface area contributed by atoms with Crippen LogP contribution in [0.2, 0.25) is 0 Å². The summed E-state index contributed by atoms with van der Waals surface area (Å²) in [5, 5.41) is 43.0. The molecule has 2 saturated heterocycles. The topological polar surface area (TPSA) is 137 Å². The number of hydrogen-bond acceptors (Lipinski definition) is 9. The molecule has 0 amide bonds. The number of nitrogens with two attached hydrogens (primary N) is 1. The van der Waals surface area contributed by atoms with E-state index in [1.807, 2.05) is 54.2 Å². The Morgan fingerprint density at radius 2 is 1.86 bits per heavy atom. The molecule has 0 spiro atoms. The predicted octanol–water partition coefficient (Wildman–Crippen LogP) is 3.88. The van der Waals surface area contributed by atoms with Crippen LogP contribution in [0.1, 0.15) is 24.0 Å². The zero-order valence-corrected chi connectivity index (χ0v) is 24.3. The molecule has 1 aromatic heterocycles. The monoisotopic (exact) mass is 579 g/mol. The molecule has 3 aromatic carbocycles. The average Bonchev–Trinajstić information content (AvgIpc) is 3.34. The second-order valence-corrected chi connectivity index (χ2v) is 11.8. The smallest absolute Gasteiger partial charge is 0.149 e. The van der Waals surface area contributed by atoms with Crippen molar-refractivity contribution in [2.75, 3.05) is 50.1 Å². The second-order valence-electron chi connectivity index (χ2n) is 11.8. The number of pyridine rings is 1. The molecular formula is C33H34FN7O2. The van der Waals surface area contributed by atoms with Crippen LogP contribution >= 0.6 is 0 Å². The number of aliphatic hydroxyl groups is 1. The van der Waals surface area contributed by atoms with Crippen LogP contribution in [0.4, 0.5) is 16.0 Å². The number of nitriles is 2. The van der Waals surface area contributed by atoms with E-state index >= 15 is 4.39 Å². The van der Waals surface area contributed by atoms with Crippen molar-refractivity contribution in [1.29, 1.82) is 10.5 Å². The van der Waals surface area contributed by atoms with E-state index in [0.29, 0.717) is 54.2 Å². The Labute approximate surface area is 249 Å². The van der Waals surface area contributed by atoms with Gasteiger partial charge in [0.1, 0.15) is 34.8 Å². The van der Waals surface area contributed by atoms with Crippen molar-refractivity contribution in [2.45, 2.75) is 37.4 Å². The SMILES string of the molecule is CN(C)C1CN(c2nc(N3C[C@@H](N)C[C@H]3CO)c3cc(CCC#N)c(-c4cc(O)cc5ccccc45)c(F)c3c2C#N)C1. The molecule has 2 aliphatic rings. The van der Waals surface area contributed by atoms with Gasteiger partial charge in [-0.15, -0.1) is 0 Å². The van der Waals surface area contributed by atoms with E-state index in [1.165, 1.54) is 6.07 Å². The van der Waals surface area contributed by atoms with Crippen LogP contribution in [0.25, 0.3) is 32.7 Å². The highest BCUT2D eigenvalue weighted by atomic mass is 19.1. The Morgan fingerprint density at radius 3 is 2.56 bits per heavy atom. The number of hydrogen-bond donors (Lipinski definition) is 3. The molecule has 0 bridgehead atoms. The van der Waals surface area contributed by atoms with Gasteiger partial charge in [-0.05, 0) is 67.0 Å². The van der Waals surface area contributed by atoms with Crippen LogP contribution in [-0.4, -0.2) is 78.6 Å². The lowest BCUT2D eigenvalue weighted by atomic mass is 9.88. The fourth-order valence-electron chi connectivity index (χ4n) is 6.53. The first kappa shape index (κ1) is 28.6. The number of benzene rings is 3. The van der Waals surface area contributed by atoms with E-state index in [9.17, 15) is 20.7 Å². The summed E-state index contributed by atoms with van der Waals surface area (Å²) >= 11 is 0. The van der Waals surface area contributed by atoms with Crippen molar-refractivity contribution in [3.05, 3.63) is 59.4 Å². The number of likely N-dealkylation sites (N-methyl/N-ethyl adjacent to an activating group) is 1. The van der Waals surface area contributed by atoms with Crippen LogP contribution in [0.3, 0.4) is 0 Å². The highest BCUT2D eigenvalue weighted by Crippen LogP contribution is 2.45. The molecule has 0 saturated carbocycles. The van der Waals surface area contributed by atoms with E-state index in [-0.39, 0.29) is 59.8 Å². The first-order chi connectivity index (χ1) is 20.7. The number of anilines is 2. The molecule has 2 aliphatic heterocycles. The Balaban J connectivity index is 1.70. The fraction of sp³-hybridized carbons (Fsp3) is 0.364. The number of fused-ring (bicyclic) bond motifs is 2. The van der Waals surface area contributed by atoms with Gasteiger partial charge in [0.05, 0.1) is 18.7 Å². The molecule has 220 valence electrons. The summed E-state index contributed by atoms with van der Waals surface area (Å²) < 4.78 is 17.4. The van der Waals surface area contributed by atoms with Gasteiger partial charge in [-0.25, -0.2) is 9.37 Å². The molecule has 10 heteroatoms. The maximum Gasteiger partial charge on any atom is 0.149 e. The number of phenolic OH excluding ortho intramolecular Hbond substituents is 1. The molecule has 2 atom stereocenters. The quantitative estimate of drug-likeness (QED) is 0.298. The molecule has 2 fully saturated rings. The first-order valence-corrected chi connectivity index (χ1v) is 14.5. The Morgan fingerprint density at radius 1 is 1.09 bits per heavy atom. The molecule has 0 unspecified atom stereocenters. The zero-order valence-electron chi connectivity index (χ0n) is 24.3. The third-order valence-electron chi connectivity index (χ3n) is 8.83. The molecule has 0 radical (unpaired) electrons. The molecule has 6 rings (SSSR count). The van der Waals surface area contributed by atoms with Gasteiger partial charge in [-0.1, -0.05) is 24.3 Å². The van der Waals surface area contributed by atoms with Crippen molar-refractivity contribution in [3.63, 3.8) is 0 Å². The fourth-order valence-corrected chi connectivity index (χ4v) is 6.53. The van der Waals surface area contributed by atoms with Crippen molar-refractivity contribution in [1.82, 2.24) is 9.88 Å². The molecule has 3 heterocycles. The normalized spacial score (nSPS) is 18.8. The first-order valence-electron chi connectivity index (χ1n) is 14.5. The highest BCUT2D eigenvalue weighted by molar-refractivity contribution is 6.06. The van der Waals surface area contributed by atoms with Gasteiger partial charge in [-0.3, -0.25) is 0 Å². The number of phenols is 1. The number of rotatable bonds is 7. The van der Waals surface area contributed by atoms with Gasteiger partial charge < -0.3 is 30.6 Å². The minimum atomic E-state index is -0.601. The van der Waals surface area contributed by atoms with Crippen LogP contribution < -0.4 is 15.5 Å². The van der Waals surface area contributed by atoms with Crippen LogP contribution in [0.5, 0.6) is 5.75 Å². The van der Waals surface area contributed by atoms with Crippen molar-refractivity contribution >= 4 is 33.2 Å². The van der Waals surface area contributed by atoms with Gasteiger partial charge in [-0.2, -0.15) is 10.5 Å². The molecule has 4 N–H and O–H groups in total. The maximum atomic E-state index is 17.4. The average molecular weight is 580 g/mol. The molecule has 0 aliphatic carbocycles. The standard InChI is InChI=1S/C33H34FN7O2/c1-39(2)23-16-40(17-23)32-28(14-36)30-27(33(38-32)41-15-21(37)12-22(41)18-42)11-20(7-5-9-35)29(31(30)34)26-13-24(43)10-19-6-3-4-8-25(19)26/h3-4,6,8,10-11,13,21-23,42-43H,5,7,12,15-18,37H2,1-2H3/t21-,22-/m0/s1. The van der Waals surface area contributed by atoms with E-state index < -0.39 is 5.82 Å². The minimum absolute atomic E-state index is 0.0109. The number of halogens is 1. The summed E-state index contributed by atoms with van der Waals surface area (Å²) in [6, 6.07) is 16.6. The maximum absolute atomic E-state index is 17.4. The summed E-state index contributed by atoms with van der Waals surface area (Å²) in [6.45, 7) is 1.55. The highest BCUT2D eigenvalue weighted by Gasteiger charge is 2.37. The number of aromatic hydroxyl groups is 1. The lowest BCUT2D eigenvalue weighted by Crippen LogP contribution is -2.58. The molecule has 43 heavy (non-hydrogen) atoms. The summed E-state index contributed by atoms with van der Waals surface area (Å²) in [7, 11) is 4.00. The third kappa shape index (κ3) is 4.88. The third-order valence-corrected chi connectivity index (χ3v) is 8.83. The predicted molar refractivity (Wildman–Crippen MR) is 165 cm³/mol. The Kier molecular flexibility index (Phi) is 7.53. The van der Waals surface area contributed by atoms with E-state index in [1.54, 1.807) is 6.07 Å². The van der Waals surface area contributed by atoms with Gasteiger partial charge in [0.2, 0.25) is 0 Å².